The van der Waals surface area contributed by atoms with E-state index in [1.165, 1.54) is 12.1 Å². The smallest absolute Gasteiger partial charge is 0.238 e. The van der Waals surface area contributed by atoms with Crippen LogP contribution in [0.1, 0.15) is 11.1 Å². The van der Waals surface area contributed by atoms with Crippen LogP contribution in [0, 0.1) is 0 Å². The number of aliphatic imine (C=N–C) groups is 1. The molecule has 0 unspecified atom stereocenters. The summed E-state index contributed by atoms with van der Waals surface area (Å²) >= 11 is 12.0. The van der Waals surface area contributed by atoms with Crippen molar-refractivity contribution in [2.45, 2.75) is 18.0 Å². The molecular weight excluding hydrogens is 510 g/mol. The average molecular weight is 529 g/mol. The van der Waals surface area contributed by atoms with E-state index in [9.17, 15) is 8.42 Å². The van der Waals surface area contributed by atoms with E-state index in [2.05, 4.69) is 15.6 Å². The van der Waals surface area contributed by atoms with E-state index in [1.54, 1.807) is 31.3 Å². The molecule has 0 aromatic heterocycles. The van der Waals surface area contributed by atoms with E-state index < -0.39 is 10.0 Å². The van der Waals surface area contributed by atoms with Crippen molar-refractivity contribution in [2.24, 2.45) is 10.1 Å². The van der Waals surface area contributed by atoms with Crippen molar-refractivity contribution in [1.29, 1.82) is 0 Å². The van der Waals surface area contributed by atoms with Gasteiger partial charge in [-0.3, -0.25) is 4.99 Å². The van der Waals surface area contributed by atoms with Crippen molar-refractivity contribution in [1.82, 2.24) is 10.6 Å². The predicted octanol–water partition coefficient (Wildman–Crippen LogP) is 3.12. The maximum atomic E-state index is 11.4. The van der Waals surface area contributed by atoms with Crippen molar-refractivity contribution in [3.05, 3.63) is 63.6 Å². The summed E-state index contributed by atoms with van der Waals surface area (Å²) in [6.07, 6.45) is 0. The number of nitrogens with zero attached hydrogens (tertiary/aromatic N) is 1. The number of primary sulfonamides is 1. The molecule has 0 aliphatic carbocycles. The maximum Gasteiger partial charge on any atom is 0.238 e. The average Bonchev–Trinajstić information content (AvgIpc) is 2.56. The van der Waals surface area contributed by atoms with Gasteiger partial charge < -0.3 is 10.6 Å². The molecule has 142 valence electrons. The molecule has 0 aliphatic heterocycles. The Hall–Kier alpha value is -1.07. The van der Waals surface area contributed by atoms with Gasteiger partial charge in [-0.15, -0.1) is 24.0 Å². The van der Waals surface area contributed by atoms with Gasteiger partial charge in [0.15, 0.2) is 5.96 Å². The van der Waals surface area contributed by atoms with E-state index in [1.807, 2.05) is 6.07 Å². The van der Waals surface area contributed by atoms with Crippen LogP contribution in [0.5, 0.6) is 0 Å². The molecule has 0 atom stereocenters. The molecule has 0 saturated carbocycles. The Morgan fingerprint density at radius 2 is 1.81 bits per heavy atom. The largest absolute Gasteiger partial charge is 0.352 e. The third-order valence-corrected chi connectivity index (χ3v) is 4.87. The fourth-order valence-electron chi connectivity index (χ4n) is 2.08. The van der Waals surface area contributed by atoms with Gasteiger partial charge in [-0.1, -0.05) is 41.4 Å². The highest BCUT2D eigenvalue weighted by molar-refractivity contribution is 14.0. The van der Waals surface area contributed by atoms with Crippen LogP contribution in [0.4, 0.5) is 0 Å². The molecule has 0 aliphatic rings. The zero-order valence-electron chi connectivity index (χ0n) is 13.9. The van der Waals surface area contributed by atoms with Crippen molar-refractivity contribution >= 4 is 63.2 Å². The summed E-state index contributed by atoms with van der Waals surface area (Å²) in [4.78, 5) is 4.19. The minimum absolute atomic E-state index is 0. The highest BCUT2D eigenvalue weighted by Gasteiger charge is 2.08. The monoisotopic (exact) mass is 528 g/mol. The van der Waals surface area contributed by atoms with E-state index in [0.29, 0.717) is 29.1 Å². The lowest BCUT2D eigenvalue weighted by molar-refractivity contribution is 0.597. The molecular formula is C16H19Cl2IN4O2S. The summed E-state index contributed by atoms with van der Waals surface area (Å²) in [5.41, 5.74) is 1.64. The van der Waals surface area contributed by atoms with Crippen LogP contribution in [-0.4, -0.2) is 21.4 Å². The number of rotatable bonds is 5. The first-order chi connectivity index (χ1) is 11.8. The minimum Gasteiger partial charge on any atom is -0.352 e. The quantitative estimate of drug-likeness (QED) is 0.315. The van der Waals surface area contributed by atoms with Crippen LogP contribution < -0.4 is 15.8 Å². The first-order valence-corrected chi connectivity index (χ1v) is 9.60. The van der Waals surface area contributed by atoms with Crippen molar-refractivity contribution in [3.63, 3.8) is 0 Å². The van der Waals surface area contributed by atoms with Gasteiger partial charge in [0.1, 0.15) is 0 Å². The Kier molecular flexibility index (Phi) is 9.11. The van der Waals surface area contributed by atoms with Crippen molar-refractivity contribution < 1.29 is 8.42 Å². The van der Waals surface area contributed by atoms with Gasteiger partial charge in [-0.05, 0) is 35.4 Å². The van der Waals surface area contributed by atoms with Gasteiger partial charge >= 0.3 is 0 Å². The minimum atomic E-state index is -3.72. The van der Waals surface area contributed by atoms with Crippen LogP contribution in [0.15, 0.2) is 52.4 Å². The molecule has 2 aromatic carbocycles. The number of benzene rings is 2. The lowest BCUT2D eigenvalue weighted by Gasteiger charge is -2.13. The highest BCUT2D eigenvalue weighted by atomic mass is 127. The molecule has 2 rings (SSSR count). The zero-order chi connectivity index (χ0) is 18.4. The maximum absolute atomic E-state index is 11.4. The summed E-state index contributed by atoms with van der Waals surface area (Å²) in [7, 11) is -2.08. The molecule has 0 bridgehead atoms. The van der Waals surface area contributed by atoms with E-state index >= 15 is 0 Å². The number of guanidine groups is 1. The van der Waals surface area contributed by atoms with Gasteiger partial charge in [-0.25, -0.2) is 13.6 Å². The molecule has 4 N–H and O–H groups in total. The van der Waals surface area contributed by atoms with Crippen LogP contribution in [0.25, 0.3) is 0 Å². The topological polar surface area (TPSA) is 96.6 Å². The van der Waals surface area contributed by atoms with Crippen molar-refractivity contribution in [3.8, 4) is 0 Å². The van der Waals surface area contributed by atoms with Crippen LogP contribution in [0.2, 0.25) is 10.0 Å². The molecule has 26 heavy (non-hydrogen) atoms. The Morgan fingerprint density at radius 3 is 2.42 bits per heavy atom. The van der Waals surface area contributed by atoms with Gasteiger partial charge in [0, 0.05) is 30.2 Å². The molecule has 0 spiro atoms. The Bertz CT molecular complexity index is 892. The van der Waals surface area contributed by atoms with Crippen LogP contribution in [0.3, 0.4) is 0 Å². The van der Waals surface area contributed by atoms with E-state index in [0.717, 1.165) is 11.1 Å². The van der Waals surface area contributed by atoms with Gasteiger partial charge in [0.25, 0.3) is 0 Å². The normalized spacial score (nSPS) is 11.6. The highest BCUT2D eigenvalue weighted by Crippen LogP contribution is 2.20. The number of nitrogens with one attached hydrogen (secondary N) is 2. The third kappa shape index (κ3) is 6.92. The number of nitrogens with two attached hydrogens (primary N) is 1. The number of halogens is 3. The second-order valence-electron chi connectivity index (χ2n) is 5.21. The number of hydrogen-bond donors (Lipinski definition) is 3. The molecule has 6 nitrogen and oxygen atoms in total. The second kappa shape index (κ2) is 10.3. The molecule has 10 heteroatoms. The van der Waals surface area contributed by atoms with Gasteiger partial charge in [-0.2, -0.15) is 0 Å². The predicted molar refractivity (Wildman–Crippen MR) is 117 cm³/mol. The number of sulfonamides is 1. The summed E-state index contributed by atoms with van der Waals surface area (Å²) in [5, 5.41) is 12.5. The zero-order valence-corrected chi connectivity index (χ0v) is 18.5. The standard InChI is InChI=1S/C16H18Cl2N4O2S.HI/c1-20-16(22-10-12-5-6-13(17)8-15(12)18)21-9-11-3-2-4-14(7-11)25(19,23)24;/h2-8H,9-10H2,1H3,(H2,19,23,24)(H2,20,21,22);1H. The number of hydrogen-bond acceptors (Lipinski definition) is 3. The third-order valence-electron chi connectivity index (χ3n) is 3.37. The Labute approximate surface area is 180 Å². The first kappa shape index (κ1) is 23.0. The molecule has 0 amide bonds. The summed E-state index contributed by atoms with van der Waals surface area (Å²) in [5.74, 6) is 0.548. The molecule has 0 radical (unpaired) electrons. The van der Waals surface area contributed by atoms with Gasteiger partial charge in [0.2, 0.25) is 10.0 Å². The summed E-state index contributed by atoms with van der Waals surface area (Å²) < 4.78 is 22.8. The fraction of sp³-hybridized carbons (Fsp3) is 0.188. The van der Waals surface area contributed by atoms with Crippen LogP contribution >= 0.6 is 47.2 Å². The van der Waals surface area contributed by atoms with Crippen molar-refractivity contribution in [2.75, 3.05) is 7.05 Å². The SMILES string of the molecule is CN=C(NCc1cccc(S(N)(=O)=O)c1)NCc1ccc(Cl)cc1Cl.I. The van der Waals surface area contributed by atoms with Gasteiger partial charge in [0.05, 0.1) is 4.90 Å². The van der Waals surface area contributed by atoms with E-state index in [-0.39, 0.29) is 28.9 Å². The first-order valence-electron chi connectivity index (χ1n) is 7.30. The molecule has 0 saturated heterocycles. The lowest BCUT2D eigenvalue weighted by Crippen LogP contribution is -2.36. The lowest BCUT2D eigenvalue weighted by atomic mass is 10.2. The second-order valence-corrected chi connectivity index (χ2v) is 7.61. The van der Waals surface area contributed by atoms with E-state index in [4.69, 9.17) is 28.3 Å². The van der Waals surface area contributed by atoms with Crippen LogP contribution in [-0.2, 0) is 23.1 Å². The molecule has 0 fully saturated rings. The Morgan fingerprint density at radius 1 is 1.12 bits per heavy atom. The fourth-order valence-corrected chi connectivity index (χ4v) is 3.14. The molecule has 2 aromatic rings. The Balaban J connectivity index is 0.00000338. The summed E-state index contributed by atoms with van der Waals surface area (Å²) in [6.45, 7) is 0.851. The summed E-state index contributed by atoms with van der Waals surface area (Å²) in [6, 6.07) is 11.7. The molecule has 0 heterocycles.